The normalized spacial score (nSPS) is 19.2. The lowest BCUT2D eigenvalue weighted by Crippen LogP contribution is -2.58. The Morgan fingerprint density at radius 1 is 1.38 bits per heavy atom. The molecule has 1 N–H and O–H groups in total. The molecule has 21 heavy (non-hydrogen) atoms. The van der Waals surface area contributed by atoms with E-state index in [1.807, 2.05) is 0 Å². The molecule has 0 bridgehead atoms. The molecule has 2 heterocycles. The van der Waals surface area contributed by atoms with E-state index in [2.05, 4.69) is 18.8 Å². The summed E-state index contributed by atoms with van der Waals surface area (Å²) < 4.78 is 0. The average Bonchev–Trinajstić information content (AvgIpc) is 2.43. The average molecular weight is 291 g/mol. The Kier molecular flexibility index (Phi) is 4.45. The molecule has 1 aromatic rings. The molecule has 1 atom stereocenters. The second-order valence-corrected chi connectivity index (χ2v) is 5.77. The van der Waals surface area contributed by atoms with E-state index in [0.29, 0.717) is 25.6 Å². The van der Waals surface area contributed by atoms with Gasteiger partial charge in [0.15, 0.2) is 0 Å². The molecule has 0 spiro atoms. The molecule has 6 heteroatoms. The van der Waals surface area contributed by atoms with Gasteiger partial charge in [0, 0.05) is 25.8 Å². The largest absolute Gasteiger partial charge is 0.339 e. The van der Waals surface area contributed by atoms with Gasteiger partial charge >= 0.3 is 0 Å². The van der Waals surface area contributed by atoms with Crippen LogP contribution in [-0.4, -0.2) is 52.3 Å². The van der Waals surface area contributed by atoms with Gasteiger partial charge in [-0.2, -0.15) is 0 Å². The van der Waals surface area contributed by atoms with E-state index < -0.39 is 11.6 Å². The number of nitrogens with one attached hydrogen (secondary N) is 1. The van der Waals surface area contributed by atoms with Crippen molar-refractivity contribution in [3.05, 3.63) is 34.2 Å². The van der Waals surface area contributed by atoms with Crippen LogP contribution in [0.1, 0.15) is 31.1 Å². The third-order valence-electron chi connectivity index (χ3n) is 3.64. The number of pyridine rings is 1. The predicted molar refractivity (Wildman–Crippen MR) is 79.0 cm³/mol. The lowest BCUT2D eigenvalue weighted by Gasteiger charge is -2.39. The van der Waals surface area contributed by atoms with Gasteiger partial charge in [-0.15, -0.1) is 0 Å². The maximum atomic E-state index is 12.4. The maximum absolute atomic E-state index is 12.4. The Balaban J connectivity index is 2.16. The number of hydrogen-bond donors (Lipinski definition) is 1. The molecule has 1 fully saturated rings. The Morgan fingerprint density at radius 3 is 2.71 bits per heavy atom. The fourth-order valence-corrected chi connectivity index (χ4v) is 2.57. The molecule has 0 aromatic carbocycles. The van der Waals surface area contributed by atoms with E-state index in [4.69, 9.17) is 0 Å². The molecule has 0 saturated carbocycles. The summed E-state index contributed by atoms with van der Waals surface area (Å²) >= 11 is 0. The second kappa shape index (κ2) is 6.11. The Morgan fingerprint density at radius 2 is 2.10 bits per heavy atom. The number of rotatable bonds is 3. The molecule has 2 amide bonds. The Hall–Kier alpha value is -2.11. The quantitative estimate of drug-likeness (QED) is 0.891. The van der Waals surface area contributed by atoms with E-state index in [-0.39, 0.29) is 17.4 Å². The summed E-state index contributed by atoms with van der Waals surface area (Å²) in [5.41, 5.74) is -0.346. The minimum Gasteiger partial charge on any atom is -0.339 e. The molecule has 0 unspecified atom stereocenters. The zero-order valence-electron chi connectivity index (χ0n) is 12.6. The number of carbonyl (C=O) groups excluding carboxylic acids is 2. The summed E-state index contributed by atoms with van der Waals surface area (Å²) in [6.07, 6.45) is 1.48. The fourth-order valence-electron chi connectivity index (χ4n) is 2.57. The zero-order chi connectivity index (χ0) is 15.6. The number of H-pyrrole nitrogens is 1. The zero-order valence-corrected chi connectivity index (χ0v) is 12.6. The number of aromatic amines is 1. The van der Waals surface area contributed by atoms with Gasteiger partial charge in [0.2, 0.25) is 5.91 Å². The number of piperazine rings is 1. The van der Waals surface area contributed by atoms with Crippen molar-refractivity contribution in [2.45, 2.75) is 26.8 Å². The molecule has 2 rings (SSSR count). The number of nitrogens with zero attached hydrogens (tertiary/aromatic N) is 2. The maximum Gasteiger partial charge on any atom is 0.260 e. The van der Waals surface area contributed by atoms with Gasteiger partial charge in [-0.25, -0.2) is 0 Å². The van der Waals surface area contributed by atoms with Gasteiger partial charge in [0.05, 0.1) is 0 Å². The molecule has 114 valence electrons. The highest BCUT2D eigenvalue weighted by Gasteiger charge is 2.35. The van der Waals surface area contributed by atoms with Crippen LogP contribution in [0.2, 0.25) is 0 Å². The van der Waals surface area contributed by atoms with Crippen LogP contribution in [0.3, 0.4) is 0 Å². The van der Waals surface area contributed by atoms with Crippen molar-refractivity contribution < 1.29 is 9.59 Å². The number of amides is 2. The van der Waals surface area contributed by atoms with Crippen molar-refractivity contribution >= 4 is 11.8 Å². The van der Waals surface area contributed by atoms with Crippen LogP contribution in [0.25, 0.3) is 0 Å². The van der Waals surface area contributed by atoms with Crippen molar-refractivity contribution in [2.75, 3.05) is 19.6 Å². The molecule has 0 aliphatic carbocycles. The SMILES string of the molecule is CC(C)CN1CCN(C(=O)c2ccc[nH]c2=O)[C@@H](C)C1=O. The molecule has 1 aromatic heterocycles. The lowest BCUT2D eigenvalue weighted by molar-refractivity contribution is -0.140. The summed E-state index contributed by atoms with van der Waals surface area (Å²) in [7, 11) is 0. The minimum atomic E-state index is -0.537. The van der Waals surface area contributed by atoms with Crippen molar-refractivity contribution in [1.29, 1.82) is 0 Å². The van der Waals surface area contributed by atoms with Crippen molar-refractivity contribution in [3.8, 4) is 0 Å². The van der Waals surface area contributed by atoms with E-state index >= 15 is 0 Å². The van der Waals surface area contributed by atoms with Crippen LogP contribution >= 0.6 is 0 Å². The van der Waals surface area contributed by atoms with Gasteiger partial charge < -0.3 is 14.8 Å². The van der Waals surface area contributed by atoms with Crippen LogP contribution in [-0.2, 0) is 4.79 Å². The predicted octanol–water partition coefficient (Wildman–Crippen LogP) is 0.704. The van der Waals surface area contributed by atoms with Crippen LogP contribution in [0.5, 0.6) is 0 Å². The summed E-state index contributed by atoms with van der Waals surface area (Å²) in [6, 6.07) is 2.55. The summed E-state index contributed by atoms with van der Waals surface area (Å²) in [5.74, 6) is -0.0575. The van der Waals surface area contributed by atoms with Gasteiger partial charge in [-0.05, 0) is 25.0 Å². The smallest absolute Gasteiger partial charge is 0.260 e. The van der Waals surface area contributed by atoms with Gasteiger partial charge in [0.1, 0.15) is 11.6 Å². The van der Waals surface area contributed by atoms with Crippen molar-refractivity contribution in [3.63, 3.8) is 0 Å². The first-order valence-corrected chi connectivity index (χ1v) is 7.19. The number of carbonyl (C=O) groups is 2. The third kappa shape index (κ3) is 3.15. The van der Waals surface area contributed by atoms with E-state index in [0.717, 1.165) is 0 Å². The van der Waals surface area contributed by atoms with E-state index in [1.165, 1.54) is 17.2 Å². The van der Waals surface area contributed by atoms with Crippen molar-refractivity contribution in [1.82, 2.24) is 14.8 Å². The van der Waals surface area contributed by atoms with E-state index in [9.17, 15) is 14.4 Å². The van der Waals surface area contributed by atoms with Crippen LogP contribution < -0.4 is 5.56 Å². The highest BCUT2D eigenvalue weighted by atomic mass is 16.2. The summed E-state index contributed by atoms with van der Waals surface area (Å²) in [4.78, 5) is 42.2. The van der Waals surface area contributed by atoms with Crippen LogP contribution in [0.15, 0.2) is 23.1 Å². The van der Waals surface area contributed by atoms with Gasteiger partial charge in [0.25, 0.3) is 11.5 Å². The lowest BCUT2D eigenvalue weighted by atomic mass is 10.1. The van der Waals surface area contributed by atoms with E-state index in [1.54, 1.807) is 17.9 Å². The van der Waals surface area contributed by atoms with Crippen molar-refractivity contribution in [2.24, 2.45) is 5.92 Å². The molecule has 1 aliphatic rings. The molecule has 6 nitrogen and oxygen atoms in total. The fraction of sp³-hybridized carbons (Fsp3) is 0.533. The van der Waals surface area contributed by atoms with Crippen LogP contribution in [0, 0.1) is 5.92 Å². The monoisotopic (exact) mass is 291 g/mol. The molecular weight excluding hydrogens is 270 g/mol. The first kappa shape index (κ1) is 15.3. The molecule has 1 saturated heterocycles. The number of hydrogen-bond acceptors (Lipinski definition) is 3. The minimum absolute atomic E-state index is 0.0596. The van der Waals surface area contributed by atoms with Gasteiger partial charge in [-0.1, -0.05) is 13.8 Å². The van der Waals surface area contributed by atoms with Crippen LogP contribution in [0.4, 0.5) is 0 Å². The highest BCUT2D eigenvalue weighted by Crippen LogP contribution is 2.15. The topological polar surface area (TPSA) is 73.5 Å². The highest BCUT2D eigenvalue weighted by molar-refractivity contribution is 5.97. The molecular formula is C15H21N3O3. The standard InChI is InChI=1S/C15H21N3O3/c1-10(2)9-17-7-8-18(11(3)14(17)20)15(21)12-5-4-6-16-13(12)19/h4-6,10-11H,7-9H2,1-3H3,(H,16,19)/t11-/m0/s1. The Labute approximate surface area is 123 Å². The summed E-state index contributed by atoms with van der Waals surface area (Å²) in [6.45, 7) is 7.48. The molecule has 1 aliphatic heterocycles. The summed E-state index contributed by atoms with van der Waals surface area (Å²) in [5, 5.41) is 0. The first-order chi connectivity index (χ1) is 9.91. The Bertz CT molecular complexity index is 594. The first-order valence-electron chi connectivity index (χ1n) is 7.19. The third-order valence-corrected chi connectivity index (χ3v) is 3.64. The van der Waals surface area contributed by atoms with Gasteiger partial charge in [-0.3, -0.25) is 14.4 Å². The second-order valence-electron chi connectivity index (χ2n) is 5.77. The number of aromatic nitrogens is 1. The molecule has 0 radical (unpaired) electrons.